The lowest BCUT2D eigenvalue weighted by atomic mass is 10.1. The minimum atomic E-state index is -4.62. The van der Waals surface area contributed by atoms with Crippen molar-refractivity contribution in [2.75, 3.05) is 17.1 Å². The van der Waals surface area contributed by atoms with Crippen LogP contribution in [0.5, 0.6) is 6.01 Å². The lowest BCUT2D eigenvalue weighted by molar-refractivity contribution is -0.154. The molecule has 2 aromatic heterocycles. The molecular formula is C16H19F3N4O4S. The lowest BCUT2D eigenvalue weighted by Crippen LogP contribution is -2.22. The predicted molar refractivity (Wildman–Crippen MR) is 96.8 cm³/mol. The third kappa shape index (κ3) is 5.21. The number of hydrogen-bond acceptors (Lipinski definition) is 6. The molecule has 2 rings (SSSR count). The normalized spacial score (nSPS) is 12.1. The van der Waals surface area contributed by atoms with E-state index in [-0.39, 0.29) is 28.4 Å². The highest BCUT2D eigenvalue weighted by atomic mass is 32.2. The van der Waals surface area contributed by atoms with Crippen molar-refractivity contribution in [2.45, 2.75) is 26.9 Å². The van der Waals surface area contributed by atoms with Crippen LogP contribution in [0.4, 0.5) is 19.0 Å². The van der Waals surface area contributed by atoms with E-state index in [1.807, 2.05) is 0 Å². The molecule has 0 saturated carbocycles. The van der Waals surface area contributed by atoms with E-state index in [9.17, 15) is 26.4 Å². The minimum Gasteiger partial charge on any atom is -0.454 e. The van der Waals surface area contributed by atoms with E-state index >= 15 is 0 Å². The maximum Gasteiger partial charge on any atom is 0.422 e. The van der Waals surface area contributed by atoms with Gasteiger partial charge in [0.2, 0.25) is 10.0 Å². The van der Waals surface area contributed by atoms with Crippen molar-refractivity contribution < 1.29 is 26.3 Å². The number of halogens is 3. The smallest absolute Gasteiger partial charge is 0.422 e. The Hall–Kier alpha value is -2.63. The van der Waals surface area contributed by atoms with Gasteiger partial charge in [0.15, 0.2) is 6.61 Å². The van der Waals surface area contributed by atoms with Crippen molar-refractivity contribution in [3.05, 3.63) is 33.7 Å². The number of anilines is 1. The molecule has 2 heterocycles. The zero-order valence-corrected chi connectivity index (χ0v) is 16.4. The summed E-state index contributed by atoms with van der Waals surface area (Å²) in [4.78, 5) is 19.7. The number of sulfonamides is 1. The minimum absolute atomic E-state index is 0.139. The van der Waals surface area contributed by atoms with Gasteiger partial charge < -0.3 is 9.30 Å². The number of nitrogens with zero attached hydrogens (tertiary/aromatic N) is 3. The number of hydrogen-bond donors (Lipinski definition) is 1. The fraction of sp³-hybridized carbons (Fsp3) is 0.438. The first-order valence-electron chi connectivity index (χ1n) is 8.09. The van der Waals surface area contributed by atoms with Gasteiger partial charge in [0.05, 0.1) is 11.4 Å². The molecule has 8 nitrogen and oxygen atoms in total. The van der Waals surface area contributed by atoms with E-state index in [4.69, 9.17) is 0 Å². The van der Waals surface area contributed by atoms with Crippen LogP contribution in [0, 0.1) is 13.8 Å². The van der Waals surface area contributed by atoms with Gasteiger partial charge in [-0.05, 0) is 26.8 Å². The van der Waals surface area contributed by atoms with Gasteiger partial charge in [-0.25, -0.2) is 8.42 Å². The second kappa shape index (κ2) is 7.78. The van der Waals surface area contributed by atoms with Gasteiger partial charge in [0.25, 0.3) is 5.56 Å². The van der Waals surface area contributed by atoms with Crippen LogP contribution in [-0.4, -0.2) is 41.5 Å². The topological polar surface area (TPSA) is 103 Å². The van der Waals surface area contributed by atoms with Crippen LogP contribution < -0.4 is 15.0 Å². The largest absolute Gasteiger partial charge is 0.454 e. The third-order valence-corrected chi connectivity index (χ3v) is 5.02. The summed E-state index contributed by atoms with van der Waals surface area (Å²) < 4.78 is 69.4. The molecule has 0 atom stereocenters. The van der Waals surface area contributed by atoms with Gasteiger partial charge in [-0.3, -0.25) is 9.52 Å². The number of pyridine rings is 1. The summed E-state index contributed by atoms with van der Waals surface area (Å²) in [6.07, 6.45) is -3.18. The molecule has 12 heteroatoms. The van der Waals surface area contributed by atoms with Crippen LogP contribution in [0.2, 0.25) is 0 Å². The predicted octanol–water partition coefficient (Wildman–Crippen LogP) is 2.16. The molecule has 0 bridgehead atoms. The average molecular weight is 420 g/mol. The van der Waals surface area contributed by atoms with Crippen molar-refractivity contribution in [2.24, 2.45) is 7.05 Å². The Morgan fingerprint density at radius 3 is 2.43 bits per heavy atom. The standard InChI is InChI=1S/C16H19F3N4O4S/c1-5-28(25,26)22-13-10(3)12(11-6-9(2)14(24)23(4)7-11)20-15(21-13)27-8-16(17,18)19/h6-7H,5,8H2,1-4H3,(H,20,21,22). The number of rotatable bonds is 6. The summed E-state index contributed by atoms with van der Waals surface area (Å²) in [5, 5.41) is 0. The van der Waals surface area contributed by atoms with Crippen LogP contribution in [0.3, 0.4) is 0 Å². The molecule has 2 aromatic rings. The van der Waals surface area contributed by atoms with Gasteiger partial charge in [0, 0.05) is 29.9 Å². The van der Waals surface area contributed by atoms with E-state index in [1.54, 1.807) is 6.92 Å². The Labute approximate surface area is 159 Å². The third-order valence-electron chi connectivity index (χ3n) is 3.76. The van der Waals surface area contributed by atoms with Gasteiger partial charge in [-0.2, -0.15) is 23.1 Å². The monoisotopic (exact) mass is 420 g/mol. The summed E-state index contributed by atoms with van der Waals surface area (Å²) in [7, 11) is -2.24. The number of ether oxygens (including phenoxy) is 1. The van der Waals surface area contributed by atoms with Crippen LogP contribution >= 0.6 is 0 Å². The molecule has 0 aliphatic heterocycles. The van der Waals surface area contributed by atoms with Crippen LogP contribution in [0.1, 0.15) is 18.1 Å². The van der Waals surface area contributed by atoms with Crippen molar-refractivity contribution in [3.8, 4) is 17.3 Å². The van der Waals surface area contributed by atoms with E-state index in [2.05, 4.69) is 19.4 Å². The Balaban J connectivity index is 2.64. The van der Waals surface area contributed by atoms with Gasteiger partial charge in [-0.1, -0.05) is 0 Å². The van der Waals surface area contributed by atoms with E-state index in [0.29, 0.717) is 11.1 Å². The second-order valence-electron chi connectivity index (χ2n) is 6.07. The van der Waals surface area contributed by atoms with Gasteiger partial charge >= 0.3 is 12.2 Å². The highest BCUT2D eigenvalue weighted by Crippen LogP contribution is 2.29. The fourth-order valence-electron chi connectivity index (χ4n) is 2.31. The molecule has 28 heavy (non-hydrogen) atoms. The average Bonchev–Trinajstić information content (AvgIpc) is 2.58. The van der Waals surface area contributed by atoms with E-state index in [1.165, 1.54) is 37.7 Å². The van der Waals surface area contributed by atoms with Gasteiger partial charge in [0.1, 0.15) is 5.82 Å². The SMILES string of the molecule is CCS(=O)(=O)Nc1nc(OCC(F)(F)F)nc(-c2cc(C)c(=O)n(C)c2)c1C. The second-order valence-corrected chi connectivity index (χ2v) is 8.08. The Kier molecular flexibility index (Phi) is 6.02. The number of aryl methyl sites for hydroxylation is 2. The van der Waals surface area contributed by atoms with Gasteiger partial charge in [-0.15, -0.1) is 0 Å². The fourth-order valence-corrected chi connectivity index (χ4v) is 2.95. The molecule has 1 N–H and O–H groups in total. The zero-order chi connectivity index (χ0) is 21.3. The quantitative estimate of drug-likeness (QED) is 0.768. The van der Waals surface area contributed by atoms with Crippen molar-refractivity contribution in [1.29, 1.82) is 0 Å². The van der Waals surface area contributed by atoms with Crippen molar-refractivity contribution in [1.82, 2.24) is 14.5 Å². The van der Waals surface area contributed by atoms with E-state index in [0.717, 1.165) is 0 Å². The summed E-state index contributed by atoms with van der Waals surface area (Å²) in [5.74, 6) is -0.459. The maximum atomic E-state index is 12.5. The lowest BCUT2D eigenvalue weighted by Gasteiger charge is -2.15. The molecule has 0 spiro atoms. The highest BCUT2D eigenvalue weighted by Gasteiger charge is 2.29. The Morgan fingerprint density at radius 2 is 1.89 bits per heavy atom. The van der Waals surface area contributed by atoms with Crippen molar-refractivity contribution in [3.63, 3.8) is 0 Å². The number of nitrogens with one attached hydrogen (secondary N) is 1. The molecular weight excluding hydrogens is 401 g/mol. The van der Waals surface area contributed by atoms with E-state index < -0.39 is 28.8 Å². The molecule has 0 aromatic carbocycles. The molecule has 0 saturated heterocycles. The summed E-state index contributed by atoms with van der Waals surface area (Å²) in [5.41, 5.74) is 0.935. The zero-order valence-electron chi connectivity index (χ0n) is 15.6. The number of alkyl halides is 3. The molecule has 0 amide bonds. The summed E-state index contributed by atoms with van der Waals surface area (Å²) >= 11 is 0. The molecule has 0 radical (unpaired) electrons. The number of aromatic nitrogens is 3. The molecule has 0 fully saturated rings. The van der Waals surface area contributed by atoms with Crippen molar-refractivity contribution >= 4 is 15.8 Å². The first kappa shape index (κ1) is 21.7. The van der Waals surface area contributed by atoms with Crippen LogP contribution in [-0.2, 0) is 17.1 Å². The molecule has 154 valence electrons. The molecule has 0 aliphatic rings. The van der Waals surface area contributed by atoms with Crippen LogP contribution in [0.25, 0.3) is 11.3 Å². The Bertz CT molecular complexity index is 1020. The highest BCUT2D eigenvalue weighted by molar-refractivity contribution is 7.92. The molecule has 0 unspecified atom stereocenters. The maximum absolute atomic E-state index is 12.5. The summed E-state index contributed by atoms with van der Waals surface area (Å²) in [6, 6.07) is 0.863. The first-order chi connectivity index (χ1) is 12.8. The Morgan fingerprint density at radius 1 is 1.25 bits per heavy atom. The first-order valence-corrected chi connectivity index (χ1v) is 9.74. The van der Waals surface area contributed by atoms with Crippen LogP contribution in [0.15, 0.2) is 17.1 Å². The molecule has 0 aliphatic carbocycles. The summed E-state index contributed by atoms with van der Waals surface area (Å²) in [6.45, 7) is 2.85.